The Balaban J connectivity index is 1.40. The SMILES string of the molecule is CC(N)CCCc1ccc2c(n1)[nH]c1ccc(-c3ccc(N4CCOCC4)cn3)cc12. The van der Waals surface area contributed by atoms with Crippen molar-refractivity contribution in [1.82, 2.24) is 15.0 Å². The summed E-state index contributed by atoms with van der Waals surface area (Å²) in [7, 11) is 0. The quantitative estimate of drug-likeness (QED) is 0.491. The molecule has 0 spiro atoms. The number of nitrogens with one attached hydrogen (secondary N) is 1. The minimum Gasteiger partial charge on any atom is -0.378 e. The maximum absolute atomic E-state index is 5.87. The number of rotatable bonds is 6. The minimum atomic E-state index is 0.242. The minimum absolute atomic E-state index is 0.242. The van der Waals surface area contributed by atoms with Crippen LogP contribution in [-0.4, -0.2) is 47.3 Å². The van der Waals surface area contributed by atoms with E-state index in [1.165, 1.54) is 5.39 Å². The third-order valence-electron chi connectivity index (χ3n) is 6.03. The number of hydrogen-bond donors (Lipinski definition) is 2. The summed E-state index contributed by atoms with van der Waals surface area (Å²) < 4.78 is 5.44. The number of anilines is 1. The number of nitrogens with zero attached hydrogens (tertiary/aromatic N) is 3. The lowest BCUT2D eigenvalue weighted by Crippen LogP contribution is -2.36. The predicted octanol–water partition coefficient (Wildman–Crippen LogP) is 4.28. The molecule has 160 valence electrons. The fourth-order valence-electron chi connectivity index (χ4n) is 4.28. The third kappa shape index (κ3) is 4.27. The van der Waals surface area contributed by atoms with Gasteiger partial charge in [0.15, 0.2) is 0 Å². The van der Waals surface area contributed by atoms with Crippen LogP contribution in [0.5, 0.6) is 0 Å². The van der Waals surface area contributed by atoms with E-state index in [2.05, 4.69) is 59.3 Å². The van der Waals surface area contributed by atoms with Gasteiger partial charge in [-0.05, 0) is 62.6 Å². The first kappa shape index (κ1) is 20.0. The van der Waals surface area contributed by atoms with Crippen LogP contribution in [0.15, 0.2) is 48.7 Å². The molecular formula is C25H29N5O. The van der Waals surface area contributed by atoms with E-state index in [0.29, 0.717) is 0 Å². The first-order valence-corrected chi connectivity index (χ1v) is 11.1. The number of H-pyrrole nitrogens is 1. The van der Waals surface area contributed by atoms with Gasteiger partial charge in [-0.2, -0.15) is 0 Å². The van der Waals surface area contributed by atoms with Gasteiger partial charge in [0, 0.05) is 46.7 Å². The van der Waals surface area contributed by atoms with Crippen LogP contribution in [0.2, 0.25) is 0 Å². The van der Waals surface area contributed by atoms with E-state index in [0.717, 1.165) is 84.8 Å². The molecule has 1 atom stereocenters. The summed E-state index contributed by atoms with van der Waals surface area (Å²) in [4.78, 5) is 15.4. The van der Waals surface area contributed by atoms with Crippen LogP contribution in [0.25, 0.3) is 33.2 Å². The summed E-state index contributed by atoms with van der Waals surface area (Å²) >= 11 is 0. The molecule has 1 aromatic carbocycles. The first-order chi connectivity index (χ1) is 15.2. The van der Waals surface area contributed by atoms with E-state index in [1.54, 1.807) is 0 Å². The highest BCUT2D eigenvalue weighted by Gasteiger charge is 2.13. The van der Waals surface area contributed by atoms with Gasteiger partial charge in [0.05, 0.1) is 30.8 Å². The van der Waals surface area contributed by atoms with Gasteiger partial charge in [0.2, 0.25) is 0 Å². The van der Waals surface area contributed by atoms with Gasteiger partial charge in [-0.3, -0.25) is 4.98 Å². The van der Waals surface area contributed by atoms with Crippen molar-refractivity contribution in [2.45, 2.75) is 32.2 Å². The van der Waals surface area contributed by atoms with Crippen LogP contribution in [0.4, 0.5) is 5.69 Å². The van der Waals surface area contributed by atoms with E-state index >= 15 is 0 Å². The molecule has 0 aliphatic carbocycles. The van der Waals surface area contributed by atoms with Crippen LogP contribution < -0.4 is 10.6 Å². The van der Waals surface area contributed by atoms with E-state index in [9.17, 15) is 0 Å². The third-order valence-corrected chi connectivity index (χ3v) is 6.03. The first-order valence-electron chi connectivity index (χ1n) is 11.1. The fourth-order valence-corrected chi connectivity index (χ4v) is 4.28. The summed E-state index contributed by atoms with van der Waals surface area (Å²) in [5.41, 5.74) is 12.3. The maximum Gasteiger partial charge on any atom is 0.138 e. The zero-order valence-corrected chi connectivity index (χ0v) is 18.0. The number of fused-ring (bicyclic) bond motifs is 3. The lowest BCUT2D eigenvalue weighted by atomic mass is 10.1. The Bertz CT molecular complexity index is 1180. The van der Waals surface area contributed by atoms with Gasteiger partial charge < -0.3 is 20.4 Å². The van der Waals surface area contributed by atoms with Gasteiger partial charge in [-0.25, -0.2) is 4.98 Å². The van der Waals surface area contributed by atoms with E-state index < -0.39 is 0 Å². The molecular weight excluding hydrogens is 386 g/mol. The topological polar surface area (TPSA) is 80.1 Å². The largest absolute Gasteiger partial charge is 0.378 e. The Morgan fingerprint density at radius 2 is 1.97 bits per heavy atom. The van der Waals surface area contributed by atoms with Crippen LogP contribution in [-0.2, 0) is 11.2 Å². The zero-order chi connectivity index (χ0) is 21.2. The number of morpholine rings is 1. The number of aromatic nitrogens is 3. The number of hydrogen-bond acceptors (Lipinski definition) is 5. The summed E-state index contributed by atoms with van der Waals surface area (Å²) in [6.45, 7) is 5.45. The molecule has 3 N–H and O–H groups in total. The molecule has 1 fully saturated rings. The number of aryl methyl sites for hydroxylation is 1. The molecule has 6 nitrogen and oxygen atoms in total. The van der Waals surface area contributed by atoms with Crippen molar-refractivity contribution in [3.05, 3.63) is 54.4 Å². The highest BCUT2D eigenvalue weighted by Crippen LogP contribution is 2.29. The molecule has 1 aliphatic heterocycles. The molecule has 6 heteroatoms. The van der Waals surface area contributed by atoms with Crippen molar-refractivity contribution in [3.63, 3.8) is 0 Å². The van der Waals surface area contributed by atoms with Gasteiger partial charge >= 0.3 is 0 Å². The molecule has 1 unspecified atom stereocenters. The molecule has 0 amide bonds. The summed E-state index contributed by atoms with van der Waals surface area (Å²) in [6.07, 6.45) is 5.01. The summed E-state index contributed by atoms with van der Waals surface area (Å²) in [6, 6.07) is 15.3. The Morgan fingerprint density at radius 1 is 1.10 bits per heavy atom. The smallest absolute Gasteiger partial charge is 0.138 e. The highest BCUT2D eigenvalue weighted by molar-refractivity contribution is 6.07. The monoisotopic (exact) mass is 415 g/mol. The van der Waals surface area contributed by atoms with Gasteiger partial charge in [0.25, 0.3) is 0 Å². The second-order valence-corrected chi connectivity index (χ2v) is 8.45. The molecule has 0 radical (unpaired) electrons. The van der Waals surface area contributed by atoms with Crippen molar-refractivity contribution in [3.8, 4) is 11.3 Å². The molecule has 0 bridgehead atoms. The second-order valence-electron chi connectivity index (χ2n) is 8.45. The number of ether oxygens (including phenoxy) is 1. The Kier molecular flexibility index (Phi) is 5.57. The summed E-state index contributed by atoms with van der Waals surface area (Å²) in [5, 5.41) is 2.33. The maximum atomic E-state index is 5.87. The molecule has 5 rings (SSSR count). The number of nitrogens with two attached hydrogens (primary N) is 1. The lowest BCUT2D eigenvalue weighted by molar-refractivity contribution is 0.122. The number of aromatic amines is 1. The predicted molar refractivity (Wildman–Crippen MR) is 126 cm³/mol. The average molecular weight is 416 g/mol. The second kappa shape index (κ2) is 8.65. The Hall–Kier alpha value is -2.96. The molecule has 4 aromatic rings. The Labute approximate surface area is 182 Å². The van der Waals surface area contributed by atoms with Gasteiger partial charge in [-0.15, -0.1) is 0 Å². The van der Waals surface area contributed by atoms with Crippen LogP contribution in [0.3, 0.4) is 0 Å². The van der Waals surface area contributed by atoms with E-state index in [1.807, 2.05) is 6.20 Å². The van der Waals surface area contributed by atoms with Gasteiger partial charge in [0.1, 0.15) is 5.65 Å². The van der Waals surface area contributed by atoms with Crippen LogP contribution >= 0.6 is 0 Å². The van der Waals surface area contributed by atoms with E-state index in [4.69, 9.17) is 20.4 Å². The zero-order valence-electron chi connectivity index (χ0n) is 18.0. The Morgan fingerprint density at radius 3 is 2.74 bits per heavy atom. The van der Waals surface area contributed by atoms with Crippen LogP contribution in [0, 0.1) is 0 Å². The molecule has 1 aliphatic rings. The fraction of sp³-hybridized carbons (Fsp3) is 0.360. The molecule has 0 saturated carbocycles. The highest BCUT2D eigenvalue weighted by atomic mass is 16.5. The lowest BCUT2D eigenvalue weighted by Gasteiger charge is -2.28. The molecule has 31 heavy (non-hydrogen) atoms. The normalized spacial score (nSPS) is 15.6. The molecule has 1 saturated heterocycles. The van der Waals surface area contributed by atoms with E-state index in [-0.39, 0.29) is 6.04 Å². The average Bonchev–Trinajstić information content (AvgIpc) is 3.16. The van der Waals surface area contributed by atoms with Crippen molar-refractivity contribution in [2.24, 2.45) is 5.73 Å². The van der Waals surface area contributed by atoms with Crippen molar-refractivity contribution in [2.75, 3.05) is 31.2 Å². The van der Waals surface area contributed by atoms with Crippen molar-refractivity contribution < 1.29 is 4.74 Å². The number of benzene rings is 1. The molecule has 4 heterocycles. The summed E-state index contributed by atoms with van der Waals surface area (Å²) in [5.74, 6) is 0. The van der Waals surface area contributed by atoms with Gasteiger partial charge in [-0.1, -0.05) is 6.07 Å². The van der Waals surface area contributed by atoms with Crippen molar-refractivity contribution in [1.29, 1.82) is 0 Å². The number of pyridine rings is 2. The van der Waals surface area contributed by atoms with Crippen molar-refractivity contribution >= 4 is 27.6 Å². The molecule has 3 aromatic heterocycles. The van der Waals surface area contributed by atoms with Crippen LogP contribution in [0.1, 0.15) is 25.5 Å². The standard InChI is InChI=1S/C25H29N5O/c1-17(26)3-2-4-19-6-8-21-22-15-18(5-9-24(22)29-25(21)28-19)23-10-7-20(16-27-23)30-11-13-31-14-12-30/h5-10,15-17H,2-4,11-14,26H2,1H3,(H,28,29).